The van der Waals surface area contributed by atoms with Gasteiger partial charge in [-0.25, -0.2) is 4.98 Å². The molecule has 0 saturated carbocycles. The Hall–Kier alpha value is -1.30. The molecule has 0 unspecified atom stereocenters. The van der Waals surface area contributed by atoms with Crippen molar-refractivity contribution in [1.29, 1.82) is 0 Å². The maximum Gasteiger partial charge on any atom is 0.419 e. The van der Waals surface area contributed by atoms with Gasteiger partial charge in [-0.05, 0) is 31.9 Å². The van der Waals surface area contributed by atoms with Crippen molar-refractivity contribution >= 4 is 5.82 Å². The van der Waals surface area contributed by atoms with Crippen LogP contribution in [0, 0.1) is 0 Å². The number of aliphatic hydroxyl groups is 1. The fourth-order valence-electron chi connectivity index (χ4n) is 2.07. The van der Waals surface area contributed by atoms with Crippen molar-refractivity contribution in [3.63, 3.8) is 0 Å². The molecule has 1 aliphatic heterocycles. The van der Waals surface area contributed by atoms with E-state index in [-0.39, 0.29) is 5.82 Å². The van der Waals surface area contributed by atoms with Crippen molar-refractivity contribution in [2.24, 2.45) is 0 Å². The standard InChI is InChI=1S/C12H15F3N2O/c1-11(18)4-7-17(8-5-11)10-9(12(13,14)15)3-2-6-16-10/h2-3,6,18H,4-5,7-8H2,1H3. The van der Waals surface area contributed by atoms with E-state index >= 15 is 0 Å². The average Bonchev–Trinajstić information content (AvgIpc) is 2.28. The van der Waals surface area contributed by atoms with E-state index in [4.69, 9.17) is 0 Å². The molecular formula is C12H15F3N2O. The molecule has 100 valence electrons. The van der Waals surface area contributed by atoms with Crippen LogP contribution in [0.4, 0.5) is 19.0 Å². The van der Waals surface area contributed by atoms with E-state index in [1.807, 2.05) is 0 Å². The van der Waals surface area contributed by atoms with Crippen LogP contribution in [-0.4, -0.2) is 28.8 Å². The molecule has 1 N–H and O–H groups in total. The van der Waals surface area contributed by atoms with E-state index in [0.717, 1.165) is 6.07 Å². The fourth-order valence-corrected chi connectivity index (χ4v) is 2.07. The van der Waals surface area contributed by atoms with Gasteiger partial charge >= 0.3 is 6.18 Å². The third kappa shape index (κ3) is 2.75. The molecule has 3 nitrogen and oxygen atoms in total. The number of nitrogens with zero attached hydrogens (tertiary/aromatic N) is 2. The Bertz CT molecular complexity index is 422. The van der Waals surface area contributed by atoms with Gasteiger partial charge in [-0.2, -0.15) is 13.2 Å². The number of rotatable bonds is 1. The van der Waals surface area contributed by atoms with Gasteiger partial charge in [0.2, 0.25) is 0 Å². The van der Waals surface area contributed by atoms with Crippen LogP contribution in [0.2, 0.25) is 0 Å². The van der Waals surface area contributed by atoms with E-state index in [2.05, 4.69) is 4.98 Å². The molecule has 0 aromatic carbocycles. The van der Waals surface area contributed by atoms with Crippen molar-refractivity contribution in [1.82, 2.24) is 4.98 Å². The molecule has 0 aliphatic carbocycles. The molecule has 6 heteroatoms. The molecule has 0 atom stereocenters. The summed E-state index contributed by atoms with van der Waals surface area (Å²) in [7, 11) is 0. The maximum absolute atomic E-state index is 12.8. The monoisotopic (exact) mass is 260 g/mol. The first-order chi connectivity index (χ1) is 8.30. The fraction of sp³-hybridized carbons (Fsp3) is 0.583. The Labute approximate surface area is 103 Å². The first kappa shape index (κ1) is 13.1. The lowest BCUT2D eigenvalue weighted by molar-refractivity contribution is -0.137. The summed E-state index contributed by atoms with van der Waals surface area (Å²) in [4.78, 5) is 5.42. The second-order valence-electron chi connectivity index (χ2n) is 4.86. The maximum atomic E-state index is 12.8. The second-order valence-corrected chi connectivity index (χ2v) is 4.86. The molecule has 1 aliphatic rings. The van der Waals surface area contributed by atoms with Crippen LogP contribution < -0.4 is 4.90 Å². The third-order valence-corrected chi connectivity index (χ3v) is 3.23. The Balaban J connectivity index is 2.25. The number of hydrogen-bond donors (Lipinski definition) is 1. The highest BCUT2D eigenvalue weighted by Crippen LogP contribution is 2.36. The van der Waals surface area contributed by atoms with Crippen molar-refractivity contribution in [3.05, 3.63) is 23.9 Å². The van der Waals surface area contributed by atoms with Crippen LogP contribution in [0.3, 0.4) is 0 Å². The Morgan fingerprint density at radius 1 is 1.33 bits per heavy atom. The number of pyridine rings is 1. The Kier molecular flexibility index (Phi) is 3.23. The Morgan fingerprint density at radius 2 is 1.94 bits per heavy atom. The van der Waals surface area contributed by atoms with Gasteiger partial charge in [-0.15, -0.1) is 0 Å². The average molecular weight is 260 g/mol. The lowest BCUT2D eigenvalue weighted by Gasteiger charge is -2.37. The summed E-state index contributed by atoms with van der Waals surface area (Å²) >= 11 is 0. The molecule has 0 radical (unpaired) electrons. The highest BCUT2D eigenvalue weighted by molar-refractivity contribution is 5.48. The van der Waals surface area contributed by atoms with Crippen molar-refractivity contribution < 1.29 is 18.3 Å². The molecule has 18 heavy (non-hydrogen) atoms. The molecule has 2 heterocycles. The summed E-state index contributed by atoms with van der Waals surface area (Å²) < 4.78 is 38.5. The molecular weight excluding hydrogens is 245 g/mol. The zero-order valence-corrected chi connectivity index (χ0v) is 10.0. The number of aromatic nitrogens is 1. The summed E-state index contributed by atoms with van der Waals surface area (Å²) in [5.74, 6) is -0.0412. The predicted octanol–water partition coefficient (Wildman–Crippen LogP) is 2.45. The van der Waals surface area contributed by atoms with Crippen molar-refractivity contribution in [2.45, 2.75) is 31.5 Å². The van der Waals surface area contributed by atoms with E-state index in [1.54, 1.807) is 11.8 Å². The van der Waals surface area contributed by atoms with Crippen LogP contribution in [0.1, 0.15) is 25.3 Å². The number of alkyl halides is 3. The summed E-state index contributed by atoms with van der Waals surface area (Å²) in [5, 5.41) is 9.80. The van der Waals surface area contributed by atoms with Gasteiger partial charge in [0.1, 0.15) is 5.82 Å². The topological polar surface area (TPSA) is 36.4 Å². The zero-order valence-electron chi connectivity index (χ0n) is 10.0. The summed E-state index contributed by atoms with van der Waals surface area (Å²) in [5.41, 5.74) is -1.50. The molecule has 0 spiro atoms. The molecule has 0 bridgehead atoms. The molecule has 1 aromatic rings. The highest BCUT2D eigenvalue weighted by Gasteiger charge is 2.37. The van der Waals surface area contributed by atoms with Gasteiger partial charge in [0.15, 0.2) is 0 Å². The third-order valence-electron chi connectivity index (χ3n) is 3.23. The van der Waals surface area contributed by atoms with Gasteiger partial charge in [-0.3, -0.25) is 0 Å². The lowest BCUT2D eigenvalue weighted by atomic mass is 9.93. The Morgan fingerprint density at radius 3 is 2.50 bits per heavy atom. The van der Waals surface area contributed by atoms with Crippen LogP contribution in [0.15, 0.2) is 18.3 Å². The van der Waals surface area contributed by atoms with Gasteiger partial charge < -0.3 is 10.0 Å². The number of anilines is 1. The highest BCUT2D eigenvalue weighted by atomic mass is 19.4. The van der Waals surface area contributed by atoms with E-state index in [0.29, 0.717) is 25.9 Å². The molecule has 0 amide bonds. The van der Waals surface area contributed by atoms with Gasteiger partial charge in [-0.1, -0.05) is 0 Å². The first-order valence-electron chi connectivity index (χ1n) is 5.79. The van der Waals surface area contributed by atoms with E-state index in [9.17, 15) is 18.3 Å². The van der Waals surface area contributed by atoms with E-state index < -0.39 is 17.3 Å². The predicted molar refractivity (Wildman–Crippen MR) is 61.3 cm³/mol. The molecule has 2 rings (SSSR count). The van der Waals surface area contributed by atoms with Crippen molar-refractivity contribution in [3.8, 4) is 0 Å². The quantitative estimate of drug-likeness (QED) is 0.842. The largest absolute Gasteiger partial charge is 0.419 e. The molecule has 1 aromatic heterocycles. The normalized spacial score (nSPS) is 19.9. The van der Waals surface area contributed by atoms with Crippen LogP contribution in [0.25, 0.3) is 0 Å². The summed E-state index contributed by atoms with van der Waals surface area (Å²) in [6, 6.07) is 2.32. The van der Waals surface area contributed by atoms with Gasteiger partial charge in [0.05, 0.1) is 11.2 Å². The summed E-state index contributed by atoms with van der Waals surface area (Å²) in [6.07, 6.45) is -2.15. The first-order valence-corrected chi connectivity index (χ1v) is 5.79. The molecule has 1 fully saturated rings. The smallest absolute Gasteiger partial charge is 0.390 e. The minimum absolute atomic E-state index is 0.0412. The minimum atomic E-state index is -4.40. The zero-order chi connectivity index (χ0) is 13.4. The van der Waals surface area contributed by atoms with Crippen LogP contribution in [0.5, 0.6) is 0 Å². The number of hydrogen-bond acceptors (Lipinski definition) is 3. The van der Waals surface area contributed by atoms with Crippen LogP contribution in [-0.2, 0) is 6.18 Å². The lowest BCUT2D eigenvalue weighted by Crippen LogP contribution is -2.43. The summed E-state index contributed by atoms with van der Waals surface area (Å²) in [6.45, 7) is 2.47. The molecule has 1 saturated heterocycles. The van der Waals surface area contributed by atoms with E-state index in [1.165, 1.54) is 12.3 Å². The second kappa shape index (κ2) is 4.42. The van der Waals surface area contributed by atoms with Crippen molar-refractivity contribution in [2.75, 3.05) is 18.0 Å². The van der Waals surface area contributed by atoms with Gasteiger partial charge in [0.25, 0.3) is 0 Å². The number of piperidine rings is 1. The number of halogens is 3. The van der Waals surface area contributed by atoms with Gasteiger partial charge in [0, 0.05) is 19.3 Å². The SMILES string of the molecule is CC1(O)CCN(c2ncccc2C(F)(F)F)CC1. The minimum Gasteiger partial charge on any atom is -0.390 e. The van der Waals surface area contributed by atoms with Crippen LogP contribution >= 0.6 is 0 Å².